The van der Waals surface area contributed by atoms with E-state index in [1.165, 1.54) is 45.5 Å². The molecule has 0 saturated carbocycles. The number of hydrogen-bond donors (Lipinski definition) is 1. The summed E-state index contributed by atoms with van der Waals surface area (Å²) in [5, 5.41) is 9.92. The number of methoxy groups -OCH3 is 1. The standard InChI is InChI=1S/C19H18N2O5S/c1-21(2)27(24,25)12-8-9-16-14(10-12)15(19(22)23)11-17(20-16)13-6-4-5-7-18(13)26-3/h4-11H,1-3H3,(H,22,23). The zero-order valence-electron chi connectivity index (χ0n) is 15.0. The number of nitrogens with zero attached hydrogens (tertiary/aromatic N) is 2. The highest BCUT2D eigenvalue weighted by Crippen LogP contribution is 2.32. The Bertz CT molecular complexity index is 1140. The minimum absolute atomic E-state index is 0.00865. The van der Waals surface area contributed by atoms with Crippen LogP contribution >= 0.6 is 0 Å². The van der Waals surface area contributed by atoms with Gasteiger partial charge in [0.25, 0.3) is 0 Å². The number of para-hydroxylation sites is 1. The van der Waals surface area contributed by atoms with Gasteiger partial charge in [-0.25, -0.2) is 22.5 Å². The summed E-state index contributed by atoms with van der Waals surface area (Å²) in [5.74, 6) is -0.606. The minimum atomic E-state index is -3.69. The highest BCUT2D eigenvalue weighted by Gasteiger charge is 2.21. The Hall–Kier alpha value is -2.97. The number of ether oxygens (including phenoxy) is 1. The van der Waals surface area contributed by atoms with Gasteiger partial charge in [0.1, 0.15) is 5.75 Å². The summed E-state index contributed by atoms with van der Waals surface area (Å²) in [4.78, 5) is 16.4. The molecule has 0 fully saturated rings. The summed E-state index contributed by atoms with van der Waals surface area (Å²) in [6.45, 7) is 0. The summed E-state index contributed by atoms with van der Waals surface area (Å²) in [5.41, 5.74) is 1.43. The fraction of sp³-hybridized carbons (Fsp3) is 0.158. The lowest BCUT2D eigenvalue weighted by Crippen LogP contribution is -2.22. The van der Waals surface area contributed by atoms with Crippen molar-refractivity contribution >= 4 is 26.9 Å². The number of fused-ring (bicyclic) bond motifs is 1. The lowest BCUT2D eigenvalue weighted by Gasteiger charge is -2.14. The molecule has 0 amide bonds. The number of carboxylic acids is 1. The molecule has 7 nitrogen and oxygen atoms in total. The van der Waals surface area contributed by atoms with Crippen molar-refractivity contribution in [2.75, 3.05) is 21.2 Å². The zero-order chi connectivity index (χ0) is 19.8. The van der Waals surface area contributed by atoms with Crippen LogP contribution in [0.25, 0.3) is 22.2 Å². The maximum absolute atomic E-state index is 12.4. The van der Waals surface area contributed by atoms with E-state index in [-0.39, 0.29) is 15.8 Å². The van der Waals surface area contributed by atoms with Crippen LogP contribution in [-0.2, 0) is 10.0 Å². The number of rotatable bonds is 5. The van der Waals surface area contributed by atoms with Gasteiger partial charge in [-0.15, -0.1) is 0 Å². The highest BCUT2D eigenvalue weighted by molar-refractivity contribution is 7.89. The molecule has 0 radical (unpaired) electrons. The maximum Gasteiger partial charge on any atom is 0.336 e. The van der Waals surface area contributed by atoms with Crippen LogP contribution < -0.4 is 4.74 Å². The van der Waals surface area contributed by atoms with Gasteiger partial charge in [0.2, 0.25) is 10.0 Å². The van der Waals surface area contributed by atoms with E-state index in [0.29, 0.717) is 22.5 Å². The molecule has 0 atom stereocenters. The largest absolute Gasteiger partial charge is 0.496 e. The minimum Gasteiger partial charge on any atom is -0.496 e. The molecule has 0 unspecified atom stereocenters. The summed E-state index contributed by atoms with van der Waals surface area (Å²) < 4.78 is 31.1. The Kier molecular flexibility index (Phi) is 4.86. The SMILES string of the molecule is COc1ccccc1-c1cc(C(=O)O)c2cc(S(=O)(=O)N(C)C)ccc2n1. The van der Waals surface area contributed by atoms with E-state index < -0.39 is 16.0 Å². The Morgan fingerprint density at radius 1 is 1.11 bits per heavy atom. The fourth-order valence-corrected chi connectivity index (χ4v) is 3.68. The molecule has 1 N–H and O–H groups in total. The molecule has 1 heterocycles. The van der Waals surface area contributed by atoms with E-state index in [4.69, 9.17) is 4.74 Å². The molecule has 27 heavy (non-hydrogen) atoms. The summed E-state index contributed by atoms with van der Waals surface area (Å²) >= 11 is 0. The Morgan fingerprint density at radius 2 is 1.81 bits per heavy atom. The Balaban J connectivity index is 2.30. The van der Waals surface area contributed by atoms with Gasteiger partial charge >= 0.3 is 5.97 Å². The predicted molar refractivity (Wildman–Crippen MR) is 102 cm³/mol. The van der Waals surface area contributed by atoms with E-state index >= 15 is 0 Å². The number of carboxylic acid groups (broad SMARTS) is 1. The molecule has 0 saturated heterocycles. The van der Waals surface area contributed by atoms with Crippen molar-refractivity contribution in [3.63, 3.8) is 0 Å². The molecule has 0 spiro atoms. The normalized spacial score (nSPS) is 11.7. The average Bonchev–Trinajstić information content (AvgIpc) is 2.66. The lowest BCUT2D eigenvalue weighted by atomic mass is 10.0. The first-order valence-corrected chi connectivity index (χ1v) is 9.43. The highest BCUT2D eigenvalue weighted by atomic mass is 32.2. The molecular weight excluding hydrogens is 368 g/mol. The molecule has 0 aliphatic rings. The third kappa shape index (κ3) is 3.36. The van der Waals surface area contributed by atoms with Gasteiger partial charge < -0.3 is 9.84 Å². The van der Waals surface area contributed by atoms with Crippen molar-refractivity contribution in [2.24, 2.45) is 0 Å². The summed E-state index contributed by atoms with van der Waals surface area (Å²) in [6.07, 6.45) is 0. The van der Waals surface area contributed by atoms with Crippen LogP contribution in [-0.4, -0.2) is 50.0 Å². The monoisotopic (exact) mass is 386 g/mol. The van der Waals surface area contributed by atoms with Crippen LogP contribution in [0.5, 0.6) is 5.75 Å². The molecule has 3 rings (SSSR count). The van der Waals surface area contributed by atoms with E-state index in [9.17, 15) is 18.3 Å². The van der Waals surface area contributed by atoms with Gasteiger partial charge in [-0.1, -0.05) is 12.1 Å². The number of aromatic carboxylic acids is 1. The number of benzene rings is 2. The number of aromatic nitrogens is 1. The quantitative estimate of drug-likeness (QED) is 0.724. The summed E-state index contributed by atoms with van der Waals surface area (Å²) in [7, 11) is 0.668. The lowest BCUT2D eigenvalue weighted by molar-refractivity contribution is 0.0699. The van der Waals surface area contributed by atoms with Crippen LogP contribution in [0.3, 0.4) is 0 Å². The molecule has 3 aromatic rings. The number of carbonyl (C=O) groups is 1. The fourth-order valence-electron chi connectivity index (χ4n) is 2.75. The Morgan fingerprint density at radius 3 is 2.44 bits per heavy atom. The smallest absolute Gasteiger partial charge is 0.336 e. The number of pyridine rings is 1. The molecule has 0 aliphatic heterocycles. The van der Waals surface area contributed by atoms with E-state index in [2.05, 4.69) is 4.98 Å². The van der Waals surface area contributed by atoms with Gasteiger partial charge in [0.05, 0.1) is 28.8 Å². The third-order valence-corrected chi connectivity index (χ3v) is 5.98. The van der Waals surface area contributed by atoms with Crippen molar-refractivity contribution < 1.29 is 23.1 Å². The first-order chi connectivity index (χ1) is 12.8. The zero-order valence-corrected chi connectivity index (χ0v) is 15.8. The van der Waals surface area contributed by atoms with Gasteiger partial charge in [-0.2, -0.15) is 0 Å². The number of hydrogen-bond acceptors (Lipinski definition) is 5. The molecule has 0 bridgehead atoms. The average molecular weight is 386 g/mol. The molecule has 1 aromatic heterocycles. The van der Waals surface area contributed by atoms with Crippen LogP contribution in [0.2, 0.25) is 0 Å². The van der Waals surface area contributed by atoms with Crippen molar-refractivity contribution in [1.82, 2.24) is 9.29 Å². The van der Waals surface area contributed by atoms with E-state index in [0.717, 1.165) is 4.31 Å². The first kappa shape index (κ1) is 18.8. The van der Waals surface area contributed by atoms with E-state index in [1.807, 2.05) is 0 Å². The molecule has 8 heteroatoms. The van der Waals surface area contributed by atoms with Crippen LogP contribution in [0.15, 0.2) is 53.4 Å². The first-order valence-electron chi connectivity index (χ1n) is 7.99. The molecule has 2 aromatic carbocycles. The molecule has 140 valence electrons. The third-order valence-electron chi connectivity index (χ3n) is 4.17. The topological polar surface area (TPSA) is 96.8 Å². The van der Waals surface area contributed by atoms with E-state index in [1.54, 1.807) is 24.3 Å². The second-order valence-corrected chi connectivity index (χ2v) is 8.18. The molecular formula is C19H18N2O5S. The maximum atomic E-state index is 12.4. The van der Waals surface area contributed by atoms with Crippen LogP contribution in [0.1, 0.15) is 10.4 Å². The van der Waals surface area contributed by atoms with Crippen molar-refractivity contribution in [1.29, 1.82) is 0 Å². The van der Waals surface area contributed by atoms with Gasteiger partial charge in [-0.05, 0) is 36.4 Å². The molecule has 0 aliphatic carbocycles. The summed E-state index contributed by atoms with van der Waals surface area (Å²) in [6, 6.07) is 12.8. The second kappa shape index (κ2) is 6.98. The van der Waals surface area contributed by atoms with Gasteiger partial charge in [0.15, 0.2) is 0 Å². The van der Waals surface area contributed by atoms with Gasteiger partial charge in [-0.3, -0.25) is 0 Å². The van der Waals surface area contributed by atoms with Crippen molar-refractivity contribution in [3.05, 3.63) is 54.1 Å². The second-order valence-electron chi connectivity index (χ2n) is 6.03. The predicted octanol–water partition coefficient (Wildman–Crippen LogP) is 2.86. The van der Waals surface area contributed by atoms with Crippen LogP contribution in [0.4, 0.5) is 0 Å². The van der Waals surface area contributed by atoms with Crippen molar-refractivity contribution in [3.8, 4) is 17.0 Å². The van der Waals surface area contributed by atoms with Crippen molar-refractivity contribution in [2.45, 2.75) is 4.90 Å². The number of sulfonamides is 1. The Labute approximate surface area is 156 Å². The van der Waals surface area contributed by atoms with Crippen LogP contribution in [0, 0.1) is 0 Å². The van der Waals surface area contributed by atoms with Gasteiger partial charge in [0, 0.05) is 25.0 Å².